The van der Waals surface area contributed by atoms with Crippen molar-refractivity contribution in [3.63, 3.8) is 0 Å². The van der Waals surface area contributed by atoms with Crippen molar-refractivity contribution in [2.75, 3.05) is 0 Å². The van der Waals surface area contributed by atoms with Gasteiger partial charge >= 0.3 is 5.97 Å². The third kappa shape index (κ3) is 8.52. The zero-order chi connectivity index (χ0) is 31.6. The number of para-hydroxylation sites is 1. The molecule has 0 aliphatic rings. The summed E-state index contributed by atoms with van der Waals surface area (Å²) in [7, 11) is 0. The molecule has 0 aliphatic heterocycles. The van der Waals surface area contributed by atoms with Gasteiger partial charge in [0.15, 0.2) is 0 Å². The first-order valence-corrected chi connectivity index (χ1v) is 14.3. The molecule has 44 heavy (non-hydrogen) atoms. The molecule has 0 saturated heterocycles. The van der Waals surface area contributed by atoms with E-state index in [0.717, 1.165) is 27.6 Å². The summed E-state index contributed by atoms with van der Waals surface area (Å²) in [5.41, 5.74) is 8.85. The number of aliphatic hydroxyl groups is 1. The van der Waals surface area contributed by atoms with Crippen LogP contribution in [0.4, 0.5) is 0 Å². The number of carboxylic acids is 1. The molecule has 230 valence electrons. The Kier molecular flexibility index (Phi) is 10.8. The van der Waals surface area contributed by atoms with Crippen molar-refractivity contribution >= 4 is 34.6 Å². The minimum atomic E-state index is -1.28. The van der Waals surface area contributed by atoms with Gasteiger partial charge in [0.2, 0.25) is 17.7 Å². The van der Waals surface area contributed by atoms with Gasteiger partial charge in [-0.3, -0.25) is 14.4 Å². The highest BCUT2D eigenvalue weighted by molar-refractivity contribution is 5.94. The number of benzene rings is 3. The molecule has 1 aromatic heterocycles. The summed E-state index contributed by atoms with van der Waals surface area (Å²) < 4.78 is 0. The second-order valence-electron chi connectivity index (χ2n) is 10.7. The third-order valence-electron chi connectivity index (χ3n) is 7.37. The van der Waals surface area contributed by atoms with Gasteiger partial charge in [-0.25, -0.2) is 4.79 Å². The molecule has 0 bridgehead atoms. The Hall–Kier alpha value is -5.00. The summed E-state index contributed by atoms with van der Waals surface area (Å²) in [6.45, 7) is 1.37. The molecule has 3 aromatic carbocycles. The average Bonchev–Trinajstić information content (AvgIpc) is 3.43. The van der Waals surface area contributed by atoms with Gasteiger partial charge in [0.1, 0.15) is 24.2 Å². The summed E-state index contributed by atoms with van der Waals surface area (Å²) in [4.78, 5) is 55.4. The number of fused-ring (bicyclic) bond motifs is 1. The maximum absolute atomic E-state index is 13.7. The molecule has 4 rings (SSSR count). The van der Waals surface area contributed by atoms with Crippen LogP contribution in [0.1, 0.15) is 23.6 Å². The monoisotopic (exact) mass is 599 g/mol. The highest BCUT2D eigenvalue weighted by Crippen LogP contribution is 2.19. The molecule has 0 spiro atoms. The third-order valence-corrected chi connectivity index (χ3v) is 7.37. The maximum Gasteiger partial charge on any atom is 0.326 e. The average molecular weight is 600 g/mol. The molecule has 11 nitrogen and oxygen atoms in total. The standard InChI is InChI=1S/C33H37N5O6/c1-20(39)29(34)32(42)37-27(17-22-12-6-3-7-13-22)30(40)36-26(16-21-10-4-2-5-11-21)31(41)38-28(33(43)44)18-23-19-35-25-15-9-8-14-24(23)25/h2-15,19-20,26-29,35,39H,16-18,34H2,1H3,(H,36,40)(H,37,42)(H,38,41)(H,43,44). The SMILES string of the molecule is CC(O)C(N)C(=O)NC(Cc1ccccc1)C(=O)NC(Cc1ccccc1)C(=O)NC(Cc1c[nH]c2ccccc12)C(=O)O. The van der Waals surface area contributed by atoms with Crippen molar-refractivity contribution in [3.8, 4) is 0 Å². The minimum Gasteiger partial charge on any atom is -0.480 e. The van der Waals surface area contributed by atoms with Crippen LogP contribution in [0.25, 0.3) is 10.9 Å². The number of carbonyl (C=O) groups excluding carboxylic acids is 3. The minimum absolute atomic E-state index is 0.0149. The zero-order valence-electron chi connectivity index (χ0n) is 24.3. The van der Waals surface area contributed by atoms with Crippen LogP contribution in [0.5, 0.6) is 0 Å². The highest BCUT2D eigenvalue weighted by atomic mass is 16.4. The summed E-state index contributed by atoms with van der Waals surface area (Å²) in [6, 6.07) is 20.5. The summed E-state index contributed by atoms with van der Waals surface area (Å²) in [5.74, 6) is -3.32. The van der Waals surface area contributed by atoms with Crippen LogP contribution >= 0.6 is 0 Å². The van der Waals surface area contributed by atoms with E-state index in [-0.39, 0.29) is 19.3 Å². The van der Waals surface area contributed by atoms with E-state index in [9.17, 15) is 29.4 Å². The number of nitrogens with one attached hydrogen (secondary N) is 4. The van der Waals surface area contributed by atoms with E-state index in [2.05, 4.69) is 20.9 Å². The van der Waals surface area contributed by atoms with Gasteiger partial charge in [0.05, 0.1) is 6.10 Å². The first-order valence-electron chi connectivity index (χ1n) is 14.3. The predicted octanol–water partition coefficient (Wildman–Crippen LogP) is 1.44. The van der Waals surface area contributed by atoms with Crippen molar-refractivity contribution in [1.82, 2.24) is 20.9 Å². The van der Waals surface area contributed by atoms with E-state index in [1.54, 1.807) is 54.7 Å². The number of hydrogen-bond acceptors (Lipinski definition) is 6. The molecular weight excluding hydrogens is 562 g/mol. The number of H-pyrrole nitrogens is 1. The number of carbonyl (C=O) groups is 4. The van der Waals surface area contributed by atoms with E-state index in [1.165, 1.54) is 6.92 Å². The fourth-order valence-corrected chi connectivity index (χ4v) is 4.87. The fraction of sp³-hybridized carbons (Fsp3) is 0.273. The molecular formula is C33H37N5O6. The zero-order valence-corrected chi connectivity index (χ0v) is 24.3. The Morgan fingerprint density at radius 1 is 0.705 bits per heavy atom. The second-order valence-corrected chi connectivity index (χ2v) is 10.7. The molecule has 5 unspecified atom stereocenters. The second kappa shape index (κ2) is 14.9. The van der Waals surface area contributed by atoms with Crippen LogP contribution in [-0.2, 0) is 38.4 Å². The van der Waals surface area contributed by atoms with E-state index < -0.39 is 54.0 Å². The topological polar surface area (TPSA) is 187 Å². The quantitative estimate of drug-likeness (QED) is 0.114. The van der Waals surface area contributed by atoms with Gasteiger partial charge < -0.3 is 36.9 Å². The fourth-order valence-electron chi connectivity index (χ4n) is 4.87. The van der Waals surface area contributed by atoms with Crippen LogP contribution < -0.4 is 21.7 Å². The molecule has 11 heteroatoms. The number of amides is 3. The van der Waals surface area contributed by atoms with Crippen LogP contribution in [0.15, 0.2) is 91.1 Å². The number of nitrogens with two attached hydrogens (primary N) is 1. The molecule has 1 heterocycles. The van der Waals surface area contributed by atoms with Crippen molar-refractivity contribution in [2.45, 2.75) is 56.5 Å². The van der Waals surface area contributed by atoms with Crippen molar-refractivity contribution in [1.29, 1.82) is 0 Å². The summed E-state index contributed by atoms with van der Waals surface area (Å²) in [5, 5.41) is 28.6. The lowest BCUT2D eigenvalue weighted by molar-refractivity contribution is -0.142. The number of hydrogen-bond donors (Lipinski definition) is 7. The maximum atomic E-state index is 13.7. The Morgan fingerprint density at radius 2 is 1.18 bits per heavy atom. The molecule has 0 radical (unpaired) electrons. The van der Waals surface area contributed by atoms with Gasteiger partial charge in [0, 0.05) is 36.4 Å². The van der Waals surface area contributed by atoms with Crippen LogP contribution in [-0.4, -0.2) is 69.2 Å². The van der Waals surface area contributed by atoms with Gasteiger partial charge in [-0.15, -0.1) is 0 Å². The molecule has 5 atom stereocenters. The number of aliphatic hydroxyl groups excluding tert-OH is 1. The number of aromatic nitrogens is 1. The molecule has 8 N–H and O–H groups in total. The lowest BCUT2D eigenvalue weighted by atomic mass is 10.0. The highest BCUT2D eigenvalue weighted by Gasteiger charge is 2.31. The van der Waals surface area contributed by atoms with Crippen LogP contribution in [0.3, 0.4) is 0 Å². The van der Waals surface area contributed by atoms with Gasteiger partial charge in [-0.05, 0) is 29.7 Å². The number of rotatable bonds is 14. The number of aliphatic carboxylic acids is 1. The lowest BCUT2D eigenvalue weighted by Gasteiger charge is -2.26. The van der Waals surface area contributed by atoms with Crippen molar-refractivity contribution in [2.24, 2.45) is 5.73 Å². The van der Waals surface area contributed by atoms with Gasteiger partial charge in [-0.1, -0.05) is 78.9 Å². The largest absolute Gasteiger partial charge is 0.480 e. The summed E-state index contributed by atoms with van der Waals surface area (Å²) >= 11 is 0. The Morgan fingerprint density at radius 3 is 1.70 bits per heavy atom. The van der Waals surface area contributed by atoms with Gasteiger partial charge in [0.25, 0.3) is 0 Å². The lowest BCUT2D eigenvalue weighted by Crippen LogP contribution is -2.59. The van der Waals surface area contributed by atoms with Crippen molar-refractivity contribution in [3.05, 3.63) is 108 Å². The van der Waals surface area contributed by atoms with E-state index in [4.69, 9.17) is 5.73 Å². The van der Waals surface area contributed by atoms with Gasteiger partial charge in [-0.2, -0.15) is 0 Å². The van der Waals surface area contributed by atoms with Crippen LogP contribution in [0, 0.1) is 0 Å². The Labute approximate surface area is 254 Å². The van der Waals surface area contributed by atoms with Crippen molar-refractivity contribution < 1.29 is 29.4 Å². The Balaban J connectivity index is 1.56. The molecule has 0 aliphatic carbocycles. The number of aromatic amines is 1. The first kappa shape index (κ1) is 31.9. The molecule has 0 saturated carbocycles. The first-order chi connectivity index (χ1) is 21.1. The van der Waals surface area contributed by atoms with E-state index in [1.807, 2.05) is 36.4 Å². The predicted molar refractivity (Wildman–Crippen MR) is 165 cm³/mol. The van der Waals surface area contributed by atoms with E-state index >= 15 is 0 Å². The number of carboxylic acid groups (broad SMARTS) is 1. The molecule has 4 aromatic rings. The summed E-state index contributed by atoms with van der Waals surface area (Å²) in [6.07, 6.45) is 0.725. The molecule has 0 fully saturated rings. The van der Waals surface area contributed by atoms with E-state index in [0.29, 0.717) is 0 Å². The van der Waals surface area contributed by atoms with Crippen LogP contribution in [0.2, 0.25) is 0 Å². The smallest absolute Gasteiger partial charge is 0.326 e. The molecule has 3 amide bonds. The Bertz CT molecular complexity index is 1570. The normalized spacial score (nSPS) is 14.5.